The minimum Gasteiger partial charge on any atom is -0.494 e. The van der Waals surface area contributed by atoms with Crippen LogP contribution in [-0.2, 0) is 16.6 Å². The van der Waals surface area contributed by atoms with Crippen molar-refractivity contribution >= 4 is 27.4 Å². The molecule has 0 aromatic heterocycles. The van der Waals surface area contributed by atoms with Gasteiger partial charge in [0.05, 0.1) is 18.6 Å². The highest BCUT2D eigenvalue weighted by atomic mass is 32.2. The summed E-state index contributed by atoms with van der Waals surface area (Å²) in [5.41, 5.74) is 2.01. The average Bonchev–Trinajstić information content (AvgIpc) is 2.67. The van der Waals surface area contributed by atoms with Gasteiger partial charge >= 0.3 is 6.03 Å². The topological polar surface area (TPSA) is 87.7 Å². The van der Waals surface area contributed by atoms with Crippen LogP contribution in [0.25, 0.3) is 0 Å². The number of hydrogen-bond acceptors (Lipinski definition) is 4. The molecule has 3 rings (SSSR count). The third kappa shape index (κ3) is 4.71. The van der Waals surface area contributed by atoms with E-state index in [2.05, 4.69) is 10.6 Å². The molecule has 2 amide bonds. The van der Waals surface area contributed by atoms with Crippen LogP contribution in [0.2, 0.25) is 0 Å². The molecule has 0 radical (unpaired) electrons. The number of carbonyl (C=O) groups is 1. The van der Waals surface area contributed by atoms with Crippen LogP contribution in [0.4, 0.5) is 16.2 Å². The molecule has 1 saturated heterocycles. The Morgan fingerprint density at radius 2 is 1.93 bits per heavy atom. The Bertz CT molecular complexity index is 900. The minimum atomic E-state index is -3.33. The van der Waals surface area contributed by atoms with Gasteiger partial charge in [-0.15, -0.1) is 0 Å². The van der Waals surface area contributed by atoms with E-state index in [-0.39, 0.29) is 11.8 Å². The molecule has 144 valence electrons. The number of methoxy groups -OCH3 is 1. The van der Waals surface area contributed by atoms with Gasteiger partial charge in [0, 0.05) is 24.8 Å². The van der Waals surface area contributed by atoms with Crippen molar-refractivity contribution in [2.45, 2.75) is 19.4 Å². The molecule has 1 fully saturated rings. The van der Waals surface area contributed by atoms with Crippen LogP contribution in [0.5, 0.6) is 5.75 Å². The van der Waals surface area contributed by atoms with Crippen LogP contribution in [-0.4, -0.2) is 33.9 Å². The zero-order chi connectivity index (χ0) is 19.3. The zero-order valence-corrected chi connectivity index (χ0v) is 16.0. The van der Waals surface area contributed by atoms with Gasteiger partial charge in [0.15, 0.2) is 0 Å². The third-order valence-corrected chi connectivity index (χ3v) is 6.21. The molecule has 7 nitrogen and oxygen atoms in total. The minimum absolute atomic E-state index is 0.137. The van der Waals surface area contributed by atoms with Crippen LogP contribution in [0.1, 0.15) is 18.4 Å². The van der Waals surface area contributed by atoms with Gasteiger partial charge in [-0.2, -0.15) is 0 Å². The number of urea groups is 1. The Morgan fingerprint density at radius 1 is 1.15 bits per heavy atom. The Hall–Kier alpha value is -2.74. The van der Waals surface area contributed by atoms with Crippen molar-refractivity contribution in [3.63, 3.8) is 0 Å². The summed E-state index contributed by atoms with van der Waals surface area (Å²) in [5.74, 6) is 0.541. The fraction of sp³-hybridized carbons (Fsp3) is 0.316. The molecular formula is C19H23N3O4S. The molecule has 0 saturated carbocycles. The molecule has 0 aliphatic carbocycles. The predicted octanol–water partition coefficient (Wildman–Crippen LogP) is 2.95. The van der Waals surface area contributed by atoms with E-state index in [0.29, 0.717) is 36.6 Å². The fourth-order valence-electron chi connectivity index (χ4n) is 2.97. The molecule has 2 aromatic carbocycles. The number of hydrogen-bond donors (Lipinski definition) is 2. The van der Waals surface area contributed by atoms with Gasteiger partial charge in [0.2, 0.25) is 10.0 Å². The van der Waals surface area contributed by atoms with Crippen molar-refractivity contribution in [1.29, 1.82) is 0 Å². The quantitative estimate of drug-likeness (QED) is 0.823. The van der Waals surface area contributed by atoms with Crippen LogP contribution in [0, 0.1) is 0 Å². The van der Waals surface area contributed by atoms with Crippen molar-refractivity contribution in [1.82, 2.24) is 5.32 Å². The van der Waals surface area contributed by atoms with Crippen LogP contribution in [0.15, 0.2) is 48.5 Å². The summed E-state index contributed by atoms with van der Waals surface area (Å²) in [7, 11) is -1.85. The summed E-state index contributed by atoms with van der Waals surface area (Å²) in [6, 6.07) is 14.2. The third-order valence-electron chi connectivity index (χ3n) is 4.35. The maximum absolute atomic E-state index is 12.3. The lowest BCUT2D eigenvalue weighted by Crippen LogP contribution is -2.38. The predicted molar refractivity (Wildman–Crippen MR) is 106 cm³/mol. The van der Waals surface area contributed by atoms with Crippen molar-refractivity contribution in [3.8, 4) is 5.75 Å². The molecule has 27 heavy (non-hydrogen) atoms. The highest BCUT2D eigenvalue weighted by Gasteiger charge is 2.28. The number of sulfonamides is 1. The Morgan fingerprint density at radius 3 is 2.63 bits per heavy atom. The van der Waals surface area contributed by atoms with Crippen molar-refractivity contribution in [3.05, 3.63) is 54.1 Å². The van der Waals surface area contributed by atoms with Gasteiger partial charge in [-0.05, 0) is 30.5 Å². The molecule has 1 aliphatic heterocycles. The first-order valence-corrected chi connectivity index (χ1v) is 10.4. The number of nitrogens with one attached hydrogen (secondary N) is 2. The smallest absolute Gasteiger partial charge is 0.319 e. The molecule has 2 N–H and O–H groups in total. The van der Waals surface area contributed by atoms with Crippen molar-refractivity contribution in [2.75, 3.05) is 29.0 Å². The molecular weight excluding hydrogens is 366 g/mol. The van der Waals surface area contributed by atoms with E-state index in [1.165, 1.54) is 11.4 Å². The molecule has 0 unspecified atom stereocenters. The van der Waals surface area contributed by atoms with E-state index in [1.807, 2.05) is 30.3 Å². The van der Waals surface area contributed by atoms with Gasteiger partial charge in [-0.3, -0.25) is 4.31 Å². The van der Waals surface area contributed by atoms with Gasteiger partial charge in [-0.25, -0.2) is 13.2 Å². The lowest BCUT2D eigenvalue weighted by atomic mass is 10.2. The van der Waals surface area contributed by atoms with Crippen molar-refractivity contribution < 1.29 is 17.9 Å². The molecule has 2 aromatic rings. The second kappa shape index (κ2) is 8.30. The van der Waals surface area contributed by atoms with Gasteiger partial charge in [-0.1, -0.05) is 30.3 Å². The first-order valence-electron chi connectivity index (χ1n) is 8.77. The van der Waals surface area contributed by atoms with Crippen LogP contribution in [0.3, 0.4) is 0 Å². The summed E-state index contributed by atoms with van der Waals surface area (Å²) in [6.45, 7) is 0.844. The summed E-state index contributed by atoms with van der Waals surface area (Å²) >= 11 is 0. The standard InChI is InChI=1S/C19H23N3O4S/c1-26-18-13-16(21-19(23)20-14-15-7-3-2-4-8-15)9-10-17(18)22-11-5-6-12-27(22,24)25/h2-4,7-10,13H,5-6,11-12,14H2,1H3,(H2,20,21,23). The molecule has 1 aliphatic rings. The molecule has 1 heterocycles. The molecule has 8 heteroatoms. The number of ether oxygens (including phenoxy) is 1. The summed E-state index contributed by atoms with van der Waals surface area (Å²) in [5, 5.41) is 5.52. The van der Waals surface area contributed by atoms with E-state index in [4.69, 9.17) is 4.74 Å². The first-order chi connectivity index (χ1) is 13.0. The van der Waals surface area contributed by atoms with Gasteiger partial charge < -0.3 is 15.4 Å². The molecule has 0 atom stereocenters. The summed E-state index contributed by atoms with van der Waals surface area (Å²) < 4.78 is 31.4. The first kappa shape index (κ1) is 19.0. The monoisotopic (exact) mass is 389 g/mol. The van der Waals surface area contributed by atoms with Crippen LogP contribution < -0.4 is 19.7 Å². The van der Waals surface area contributed by atoms with Crippen LogP contribution >= 0.6 is 0 Å². The highest BCUT2D eigenvalue weighted by Crippen LogP contribution is 2.34. The normalized spacial score (nSPS) is 15.8. The number of anilines is 2. The average molecular weight is 389 g/mol. The maximum Gasteiger partial charge on any atom is 0.319 e. The SMILES string of the molecule is COc1cc(NC(=O)NCc2ccccc2)ccc1N1CCCCS1(=O)=O. The Labute approximate surface area is 159 Å². The van der Waals surface area contributed by atoms with Gasteiger partial charge in [0.1, 0.15) is 5.75 Å². The largest absolute Gasteiger partial charge is 0.494 e. The van der Waals surface area contributed by atoms with E-state index in [9.17, 15) is 13.2 Å². The second-order valence-corrected chi connectivity index (χ2v) is 8.29. The number of rotatable bonds is 5. The lowest BCUT2D eigenvalue weighted by molar-refractivity contribution is 0.251. The van der Waals surface area contributed by atoms with E-state index in [0.717, 1.165) is 12.0 Å². The zero-order valence-electron chi connectivity index (χ0n) is 15.1. The molecule has 0 spiro atoms. The number of benzene rings is 2. The van der Waals surface area contributed by atoms with Crippen molar-refractivity contribution in [2.24, 2.45) is 0 Å². The molecule has 0 bridgehead atoms. The van der Waals surface area contributed by atoms with E-state index in [1.54, 1.807) is 18.2 Å². The maximum atomic E-state index is 12.3. The Kier molecular flexibility index (Phi) is 5.85. The fourth-order valence-corrected chi connectivity index (χ4v) is 4.62. The van der Waals surface area contributed by atoms with Gasteiger partial charge in [0.25, 0.3) is 0 Å². The number of nitrogens with zero attached hydrogens (tertiary/aromatic N) is 1. The number of carbonyl (C=O) groups excluding carboxylic acids is 1. The summed E-state index contributed by atoms with van der Waals surface area (Å²) in [6.07, 6.45) is 1.48. The summed E-state index contributed by atoms with van der Waals surface area (Å²) in [4.78, 5) is 12.1. The highest BCUT2D eigenvalue weighted by molar-refractivity contribution is 7.92. The van der Waals surface area contributed by atoms with E-state index >= 15 is 0 Å². The lowest BCUT2D eigenvalue weighted by Gasteiger charge is -2.29. The number of amides is 2. The van der Waals surface area contributed by atoms with E-state index < -0.39 is 10.0 Å². The second-order valence-electron chi connectivity index (χ2n) is 6.28. The Balaban J connectivity index is 1.69.